The molecule has 0 unspecified atom stereocenters. The lowest BCUT2D eigenvalue weighted by Gasteiger charge is -2.28. The summed E-state index contributed by atoms with van der Waals surface area (Å²) < 4.78 is 28.1. The molecule has 4 nitrogen and oxygen atoms in total. The number of sulfonamides is 1. The molecule has 0 amide bonds. The second-order valence-corrected chi connectivity index (χ2v) is 8.93. The van der Waals surface area contributed by atoms with Gasteiger partial charge in [0.1, 0.15) is 4.21 Å². The number of nitrogens with one attached hydrogen (secondary N) is 1. The zero-order valence-electron chi connectivity index (χ0n) is 13.1. The van der Waals surface area contributed by atoms with E-state index in [1.807, 2.05) is 32.9 Å². The molecule has 1 aromatic heterocycles. The molecule has 0 aliphatic rings. The minimum Gasteiger partial charge on any atom is -0.391 e. The number of thiophene rings is 1. The van der Waals surface area contributed by atoms with Gasteiger partial charge in [0, 0.05) is 0 Å². The molecular weight excluding hydrogens is 342 g/mol. The van der Waals surface area contributed by atoms with Crippen LogP contribution >= 0.6 is 22.9 Å². The highest BCUT2D eigenvalue weighted by molar-refractivity contribution is 7.91. The highest BCUT2D eigenvalue weighted by Crippen LogP contribution is 2.26. The standard InChI is InChI=1S/C15H24ClNO3S2/c1-4-6-7-8-12(18)15(11(3)5-2)17-22(19,20)14-10-9-13(16)21-14/h6-7,9-12,15,17-18H,4-5,8H2,1-3H3/t11-,12+,15+/m1/s1. The first-order valence-electron chi connectivity index (χ1n) is 7.42. The van der Waals surface area contributed by atoms with Gasteiger partial charge in [0.15, 0.2) is 0 Å². The molecule has 1 heterocycles. The van der Waals surface area contributed by atoms with E-state index in [4.69, 9.17) is 11.6 Å². The average molecular weight is 366 g/mol. The molecule has 0 fully saturated rings. The van der Waals surface area contributed by atoms with Crippen molar-refractivity contribution in [3.63, 3.8) is 0 Å². The first kappa shape index (κ1) is 19.6. The van der Waals surface area contributed by atoms with Gasteiger partial charge in [0.05, 0.1) is 16.5 Å². The molecule has 0 spiro atoms. The second kappa shape index (κ2) is 9.03. The molecule has 0 radical (unpaired) electrons. The van der Waals surface area contributed by atoms with Crippen molar-refractivity contribution in [1.29, 1.82) is 0 Å². The molecule has 7 heteroatoms. The van der Waals surface area contributed by atoms with Crippen molar-refractivity contribution < 1.29 is 13.5 Å². The highest BCUT2D eigenvalue weighted by atomic mass is 35.5. The van der Waals surface area contributed by atoms with Gasteiger partial charge in [-0.1, -0.05) is 50.9 Å². The van der Waals surface area contributed by atoms with Crippen LogP contribution in [0.3, 0.4) is 0 Å². The molecule has 0 saturated heterocycles. The third-order valence-corrected chi connectivity index (χ3v) is 6.74. The molecule has 22 heavy (non-hydrogen) atoms. The molecule has 0 aromatic carbocycles. The maximum atomic E-state index is 12.4. The van der Waals surface area contributed by atoms with Gasteiger partial charge < -0.3 is 5.11 Å². The number of aliphatic hydroxyl groups is 1. The summed E-state index contributed by atoms with van der Waals surface area (Å²) in [6.45, 7) is 5.92. The van der Waals surface area contributed by atoms with Crippen molar-refractivity contribution in [2.75, 3.05) is 0 Å². The molecule has 1 aromatic rings. The van der Waals surface area contributed by atoms with E-state index >= 15 is 0 Å². The Bertz CT molecular complexity index is 583. The number of allylic oxidation sites excluding steroid dienone is 1. The van der Waals surface area contributed by atoms with Crippen molar-refractivity contribution in [1.82, 2.24) is 4.72 Å². The number of rotatable bonds is 9. The fourth-order valence-electron chi connectivity index (χ4n) is 2.06. The Balaban J connectivity index is 2.91. The fourth-order valence-corrected chi connectivity index (χ4v) is 4.93. The lowest BCUT2D eigenvalue weighted by atomic mass is 9.93. The van der Waals surface area contributed by atoms with Crippen molar-refractivity contribution in [3.05, 3.63) is 28.6 Å². The molecule has 2 N–H and O–H groups in total. The predicted octanol–water partition coefficient (Wildman–Crippen LogP) is 3.81. The van der Waals surface area contributed by atoms with Crippen LogP contribution in [-0.4, -0.2) is 25.7 Å². The van der Waals surface area contributed by atoms with Crippen LogP contribution < -0.4 is 4.72 Å². The van der Waals surface area contributed by atoms with E-state index in [2.05, 4.69) is 4.72 Å². The van der Waals surface area contributed by atoms with E-state index < -0.39 is 22.2 Å². The Morgan fingerprint density at radius 3 is 2.55 bits per heavy atom. The van der Waals surface area contributed by atoms with Gasteiger partial charge in [-0.2, -0.15) is 0 Å². The lowest BCUT2D eigenvalue weighted by molar-refractivity contribution is 0.114. The number of hydrogen-bond acceptors (Lipinski definition) is 4. The summed E-state index contributed by atoms with van der Waals surface area (Å²) in [5, 5.41) is 10.4. The smallest absolute Gasteiger partial charge is 0.250 e. The number of aliphatic hydroxyl groups excluding tert-OH is 1. The van der Waals surface area contributed by atoms with Crippen LogP contribution in [0.15, 0.2) is 28.5 Å². The van der Waals surface area contributed by atoms with Crippen molar-refractivity contribution in [2.45, 2.75) is 56.4 Å². The molecule has 0 aliphatic carbocycles. The van der Waals surface area contributed by atoms with Gasteiger partial charge in [0.2, 0.25) is 10.0 Å². The summed E-state index contributed by atoms with van der Waals surface area (Å²) in [4.78, 5) is 0. The van der Waals surface area contributed by atoms with Gasteiger partial charge >= 0.3 is 0 Å². The van der Waals surface area contributed by atoms with Gasteiger partial charge in [-0.05, 0) is 30.9 Å². The number of hydrogen-bond donors (Lipinski definition) is 2. The quantitative estimate of drug-likeness (QED) is 0.654. The molecular formula is C15H24ClNO3S2. The zero-order chi connectivity index (χ0) is 16.8. The Morgan fingerprint density at radius 1 is 1.36 bits per heavy atom. The monoisotopic (exact) mass is 365 g/mol. The first-order chi connectivity index (χ1) is 10.3. The van der Waals surface area contributed by atoms with Crippen LogP contribution in [0, 0.1) is 5.92 Å². The summed E-state index contributed by atoms with van der Waals surface area (Å²) in [6.07, 6.45) is 5.17. The fraction of sp³-hybridized carbons (Fsp3) is 0.600. The second-order valence-electron chi connectivity index (χ2n) is 5.27. The summed E-state index contributed by atoms with van der Waals surface area (Å²) in [7, 11) is -3.67. The third-order valence-electron chi connectivity index (χ3n) is 3.56. The van der Waals surface area contributed by atoms with Gasteiger partial charge in [0.25, 0.3) is 0 Å². The van der Waals surface area contributed by atoms with Crippen molar-refractivity contribution in [3.8, 4) is 0 Å². The van der Waals surface area contributed by atoms with Gasteiger partial charge in [-0.15, -0.1) is 11.3 Å². The molecule has 0 saturated carbocycles. The Morgan fingerprint density at radius 2 is 2.05 bits per heavy atom. The Kier molecular flexibility index (Phi) is 8.07. The molecule has 126 valence electrons. The van der Waals surface area contributed by atoms with Crippen LogP contribution in [0.4, 0.5) is 0 Å². The summed E-state index contributed by atoms with van der Waals surface area (Å²) in [5.41, 5.74) is 0. The van der Waals surface area contributed by atoms with E-state index in [-0.39, 0.29) is 10.1 Å². The zero-order valence-corrected chi connectivity index (χ0v) is 15.5. The predicted molar refractivity (Wildman–Crippen MR) is 92.9 cm³/mol. The van der Waals surface area contributed by atoms with E-state index in [1.165, 1.54) is 6.07 Å². The minimum absolute atomic E-state index is 0.0234. The van der Waals surface area contributed by atoms with Crippen LogP contribution in [0.5, 0.6) is 0 Å². The maximum absolute atomic E-state index is 12.4. The Hall–Kier alpha value is -0.400. The van der Waals surface area contributed by atoms with Crippen molar-refractivity contribution >= 4 is 33.0 Å². The summed E-state index contributed by atoms with van der Waals surface area (Å²) in [6, 6.07) is 2.50. The average Bonchev–Trinajstić information content (AvgIpc) is 2.91. The van der Waals surface area contributed by atoms with E-state index in [9.17, 15) is 13.5 Å². The molecule has 0 bridgehead atoms. The molecule has 3 atom stereocenters. The van der Waals surface area contributed by atoms with Crippen LogP contribution in [0.1, 0.15) is 40.0 Å². The SMILES string of the molecule is CCC=CC[C@H](O)[C@@H](NS(=O)(=O)c1ccc(Cl)s1)[C@H](C)CC. The van der Waals surface area contributed by atoms with E-state index in [0.29, 0.717) is 10.8 Å². The first-order valence-corrected chi connectivity index (χ1v) is 10.1. The van der Waals surface area contributed by atoms with Crippen LogP contribution in [0.25, 0.3) is 0 Å². The largest absolute Gasteiger partial charge is 0.391 e. The topological polar surface area (TPSA) is 66.4 Å². The number of halogens is 1. The molecule has 1 rings (SSSR count). The summed E-state index contributed by atoms with van der Waals surface area (Å²) >= 11 is 6.82. The Labute approximate surface area is 142 Å². The van der Waals surface area contributed by atoms with Crippen LogP contribution in [0.2, 0.25) is 4.34 Å². The third kappa shape index (κ3) is 5.66. The van der Waals surface area contributed by atoms with E-state index in [1.54, 1.807) is 6.07 Å². The van der Waals surface area contributed by atoms with Gasteiger partial charge in [-0.3, -0.25) is 0 Å². The maximum Gasteiger partial charge on any atom is 0.250 e. The molecule has 0 aliphatic heterocycles. The van der Waals surface area contributed by atoms with E-state index in [0.717, 1.165) is 24.2 Å². The van der Waals surface area contributed by atoms with Gasteiger partial charge in [-0.25, -0.2) is 13.1 Å². The van der Waals surface area contributed by atoms with Crippen molar-refractivity contribution in [2.24, 2.45) is 5.92 Å². The summed E-state index contributed by atoms with van der Waals surface area (Å²) in [5.74, 6) is 0.0234. The van der Waals surface area contributed by atoms with Crippen LogP contribution in [-0.2, 0) is 10.0 Å². The normalized spacial score (nSPS) is 16.8. The highest BCUT2D eigenvalue weighted by Gasteiger charge is 2.29. The minimum atomic E-state index is -3.67. The lowest BCUT2D eigenvalue weighted by Crippen LogP contribution is -2.47.